The summed E-state index contributed by atoms with van der Waals surface area (Å²) >= 11 is 0. The molecule has 0 aliphatic carbocycles. The van der Waals surface area contributed by atoms with Gasteiger partial charge in [0.15, 0.2) is 0 Å². The van der Waals surface area contributed by atoms with Gasteiger partial charge < -0.3 is 5.11 Å². The van der Waals surface area contributed by atoms with Crippen molar-refractivity contribution in [3.63, 3.8) is 0 Å². The zero-order chi connectivity index (χ0) is 15.7. The van der Waals surface area contributed by atoms with Gasteiger partial charge in [0, 0.05) is 36.9 Å². The predicted molar refractivity (Wildman–Crippen MR) is 82.8 cm³/mol. The molecule has 2 atom stereocenters. The maximum atomic E-state index is 13.5. The van der Waals surface area contributed by atoms with Gasteiger partial charge in [0.25, 0.3) is 0 Å². The maximum absolute atomic E-state index is 13.5. The molecule has 1 saturated heterocycles. The van der Waals surface area contributed by atoms with Gasteiger partial charge in [0.05, 0.1) is 12.3 Å². The predicted octanol–water partition coefficient (Wildman–Crippen LogP) is 2.91. The van der Waals surface area contributed by atoms with Crippen LogP contribution in [0.4, 0.5) is 4.39 Å². The van der Waals surface area contributed by atoms with Gasteiger partial charge in [-0.15, -0.1) is 0 Å². The number of likely N-dealkylation sites (tertiary alicyclic amines) is 1. The second-order valence-electron chi connectivity index (χ2n) is 6.31. The lowest BCUT2D eigenvalue weighted by Crippen LogP contribution is -2.24. The third-order valence-electron chi connectivity index (χ3n) is 4.18. The smallest absolute Gasteiger partial charge is 0.123 e. The third kappa shape index (κ3) is 3.20. The topological polar surface area (TPSA) is 41.3 Å². The first-order valence-electron chi connectivity index (χ1n) is 7.73. The standard InChI is InChI=1S/C17H22FN3O/c1-12(2)21-10-13(8-19-21)9-20-11-16(22)7-17(20)14-4-3-5-15(18)6-14/h3-6,8,10,12,16-17,22H,7,9,11H2,1-2H3/t16-,17+/m1/s1. The van der Waals surface area contributed by atoms with Crippen LogP contribution < -0.4 is 0 Å². The summed E-state index contributed by atoms with van der Waals surface area (Å²) in [6.45, 7) is 5.50. The highest BCUT2D eigenvalue weighted by molar-refractivity contribution is 5.22. The fraction of sp³-hybridized carbons (Fsp3) is 0.471. The van der Waals surface area contributed by atoms with E-state index in [0.717, 1.165) is 11.1 Å². The molecule has 3 rings (SSSR count). The zero-order valence-corrected chi connectivity index (χ0v) is 13.0. The van der Waals surface area contributed by atoms with E-state index in [0.29, 0.717) is 25.6 Å². The summed E-state index contributed by atoms with van der Waals surface area (Å²) in [5.41, 5.74) is 2.04. The molecular formula is C17H22FN3O. The molecule has 2 aromatic rings. The highest BCUT2D eigenvalue weighted by atomic mass is 19.1. The quantitative estimate of drug-likeness (QED) is 0.944. The number of halogens is 1. The lowest BCUT2D eigenvalue weighted by molar-refractivity contribution is 0.172. The summed E-state index contributed by atoms with van der Waals surface area (Å²) in [7, 11) is 0. The van der Waals surface area contributed by atoms with E-state index in [1.54, 1.807) is 12.1 Å². The van der Waals surface area contributed by atoms with Crippen LogP contribution in [0.2, 0.25) is 0 Å². The van der Waals surface area contributed by atoms with Crippen LogP contribution in [0.5, 0.6) is 0 Å². The van der Waals surface area contributed by atoms with Crippen LogP contribution in [-0.2, 0) is 6.54 Å². The van der Waals surface area contributed by atoms with Gasteiger partial charge >= 0.3 is 0 Å². The van der Waals surface area contributed by atoms with Crippen LogP contribution in [-0.4, -0.2) is 32.4 Å². The number of aliphatic hydroxyl groups excluding tert-OH is 1. The van der Waals surface area contributed by atoms with Crippen LogP contribution in [0.1, 0.15) is 43.5 Å². The van der Waals surface area contributed by atoms with Crippen LogP contribution >= 0.6 is 0 Å². The van der Waals surface area contributed by atoms with Crippen LogP contribution in [0.15, 0.2) is 36.7 Å². The Morgan fingerprint density at radius 3 is 2.91 bits per heavy atom. The van der Waals surface area contributed by atoms with Crippen LogP contribution in [0.3, 0.4) is 0 Å². The number of hydrogen-bond acceptors (Lipinski definition) is 3. The van der Waals surface area contributed by atoms with Crippen molar-refractivity contribution in [3.05, 3.63) is 53.6 Å². The number of hydrogen-bond donors (Lipinski definition) is 1. The molecular weight excluding hydrogens is 281 g/mol. The molecule has 22 heavy (non-hydrogen) atoms. The molecule has 0 bridgehead atoms. The largest absolute Gasteiger partial charge is 0.392 e. The average molecular weight is 303 g/mol. The third-order valence-corrected chi connectivity index (χ3v) is 4.18. The van der Waals surface area contributed by atoms with Crippen molar-refractivity contribution in [2.45, 2.75) is 45.0 Å². The summed E-state index contributed by atoms with van der Waals surface area (Å²) in [5, 5.41) is 14.4. The first kappa shape index (κ1) is 15.2. The van der Waals surface area contributed by atoms with Crippen molar-refractivity contribution < 1.29 is 9.50 Å². The molecule has 0 saturated carbocycles. The monoisotopic (exact) mass is 303 g/mol. The Hall–Kier alpha value is -1.72. The highest BCUT2D eigenvalue weighted by Crippen LogP contribution is 2.33. The van der Waals surface area contributed by atoms with E-state index in [4.69, 9.17) is 0 Å². The Kier molecular flexibility index (Phi) is 4.27. The minimum atomic E-state index is -0.367. The molecule has 118 valence electrons. The Balaban J connectivity index is 1.78. The Morgan fingerprint density at radius 2 is 2.23 bits per heavy atom. The summed E-state index contributed by atoms with van der Waals surface area (Å²) in [6.07, 6.45) is 4.18. The van der Waals surface area contributed by atoms with Crippen molar-refractivity contribution in [1.82, 2.24) is 14.7 Å². The fourth-order valence-corrected chi connectivity index (χ4v) is 3.09. The van der Waals surface area contributed by atoms with Gasteiger partial charge in [-0.25, -0.2) is 4.39 Å². The molecule has 0 amide bonds. The van der Waals surface area contributed by atoms with E-state index in [-0.39, 0.29) is 18.0 Å². The number of aromatic nitrogens is 2. The first-order chi connectivity index (χ1) is 10.5. The van der Waals surface area contributed by atoms with Crippen molar-refractivity contribution in [2.75, 3.05) is 6.54 Å². The Morgan fingerprint density at radius 1 is 1.41 bits per heavy atom. The van der Waals surface area contributed by atoms with E-state index >= 15 is 0 Å². The summed E-state index contributed by atoms with van der Waals surface area (Å²) in [4.78, 5) is 2.20. The molecule has 1 aliphatic heterocycles. The summed E-state index contributed by atoms with van der Waals surface area (Å²) < 4.78 is 15.4. The molecule has 1 aliphatic rings. The molecule has 1 N–H and O–H groups in total. The SMILES string of the molecule is CC(C)n1cc(CN2C[C@H](O)C[C@H]2c2cccc(F)c2)cn1. The van der Waals surface area contributed by atoms with Gasteiger partial charge in [-0.2, -0.15) is 5.10 Å². The zero-order valence-electron chi connectivity index (χ0n) is 13.0. The van der Waals surface area contributed by atoms with Gasteiger partial charge in [-0.05, 0) is 38.0 Å². The Bertz CT molecular complexity index is 640. The number of rotatable bonds is 4. The average Bonchev–Trinajstić information content (AvgIpc) is 3.06. The van der Waals surface area contributed by atoms with E-state index in [2.05, 4.69) is 23.8 Å². The van der Waals surface area contributed by atoms with Crippen molar-refractivity contribution in [2.24, 2.45) is 0 Å². The molecule has 2 heterocycles. The number of benzene rings is 1. The number of aliphatic hydroxyl groups is 1. The van der Waals surface area contributed by atoms with E-state index in [9.17, 15) is 9.50 Å². The summed E-state index contributed by atoms with van der Waals surface area (Å²) in [6, 6.07) is 7.05. The highest BCUT2D eigenvalue weighted by Gasteiger charge is 2.32. The number of β-amino-alcohol motifs (C(OH)–C–C–N with tert-alkyl or cyclic N) is 1. The first-order valence-corrected chi connectivity index (χ1v) is 7.73. The summed E-state index contributed by atoms with van der Waals surface area (Å²) in [5.74, 6) is -0.230. The lowest BCUT2D eigenvalue weighted by Gasteiger charge is -2.24. The molecule has 5 heteroatoms. The molecule has 4 nitrogen and oxygen atoms in total. The van der Waals surface area contributed by atoms with Gasteiger partial charge in [0.1, 0.15) is 5.82 Å². The van der Waals surface area contributed by atoms with Crippen LogP contribution in [0.25, 0.3) is 0 Å². The van der Waals surface area contributed by atoms with Crippen molar-refractivity contribution in [1.29, 1.82) is 0 Å². The van der Waals surface area contributed by atoms with Crippen LogP contribution in [0, 0.1) is 5.82 Å². The second kappa shape index (κ2) is 6.18. The minimum Gasteiger partial charge on any atom is -0.392 e. The van der Waals surface area contributed by atoms with Gasteiger partial charge in [-0.3, -0.25) is 9.58 Å². The number of nitrogens with zero attached hydrogens (tertiary/aromatic N) is 3. The van der Waals surface area contributed by atoms with Crippen molar-refractivity contribution >= 4 is 0 Å². The van der Waals surface area contributed by atoms with Crippen molar-refractivity contribution in [3.8, 4) is 0 Å². The van der Waals surface area contributed by atoms with Gasteiger partial charge in [0.2, 0.25) is 0 Å². The van der Waals surface area contributed by atoms with Gasteiger partial charge in [-0.1, -0.05) is 12.1 Å². The molecule has 1 aromatic carbocycles. The second-order valence-corrected chi connectivity index (χ2v) is 6.31. The maximum Gasteiger partial charge on any atom is 0.123 e. The molecule has 0 unspecified atom stereocenters. The molecule has 0 spiro atoms. The molecule has 1 fully saturated rings. The van der Waals surface area contributed by atoms with E-state index in [1.165, 1.54) is 6.07 Å². The normalized spacial score (nSPS) is 22.6. The van der Waals surface area contributed by atoms with E-state index < -0.39 is 0 Å². The van der Waals surface area contributed by atoms with E-state index in [1.807, 2.05) is 23.1 Å². The lowest BCUT2D eigenvalue weighted by atomic mass is 10.0. The minimum absolute atomic E-state index is 0.0492. The molecule has 0 radical (unpaired) electrons. The molecule has 1 aromatic heterocycles. The fourth-order valence-electron chi connectivity index (χ4n) is 3.09. The Labute approximate surface area is 130 Å².